The Morgan fingerprint density at radius 2 is 2.42 bits per heavy atom. The summed E-state index contributed by atoms with van der Waals surface area (Å²) in [6, 6.07) is 0. The SMILES string of the molecule is CC1=CCN=CC(Cl)=C1C(=O)O. The van der Waals surface area contributed by atoms with E-state index < -0.39 is 5.97 Å². The monoisotopic (exact) mass is 185 g/mol. The van der Waals surface area contributed by atoms with E-state index in [2.05, 4.69) is 4.99 Å². The van der Waals surface area contributed by atoms with Gasteiger partial charge in [0.2, 0.25) is 0 Å². The van der Waals surface area contributed by atoms with Crippen LogP contribution in [-0.4, -0.2) is 23.8 Å². The van der Waals surface area contributed by atoms with Crippen LogP contribution in [0.3, 0.4) is 0 Å². The zero-order valence-electron chi connectivity index (χ0n) is 6.54. The lowest BCUT2D eigenvalue weighted by Crippen LogP contribution is -2.03. The van der Waals surface area contributed by atoms with Gasteiger partial charge in [-0.3, -0.25) is 4.99 Å². The zero-order chi connectivity index (χ0) is 9.14. The summed E-state index contributed by atoms with van der Waals surface area (Å²) in [5.74, 6) is -1.01. The first-order valence-electron chi connectivity index (χ1n) is 3.43. The molecule has 0 saturated heterocycles. The predicted molar refractivity (Wildman–Crippen MR) is 47.6 cm³/mol. The number of allylic oxidation sites excluding steroid dienone is 1. The molecular formula is C8H8ClNO2. The standard InChI is InChI=1S/C8H8ClNO2/c1-5-2-3-10-4-6(9)7(5)8(11)12/h2,4H,3H2,1H3,(H,11,12). The fraction of sp³-hybridized carbons (Fsp3) is 0.250. The Kier molecular flexibility index (Phi) is 2.65. The van der Waals surface area contributed by atoms with Gasteiger partial charge in [0.15, 0.2) is 0 Å². The molecule has 0 aromatic heterocycles. The van der Waals surface area contributed by atoms with Gasteiger partial charge in [0.25, 0.3) is 0 Å². The van der Waals surface area contributed by atoms with E-state index in [9.17, 15) is 4.79 Å². The second kappa shape index (κ2) is 3.54. The maximum atomic E-state index is 10.7. The van der Waals surface area contributed by atoms with Crippen molar-refractivity contribution in [2.45, 2.75) is 6.92 Å². The highest BCUT2D eigenvalue weighted by atomic mass is 35.5. The Balaban J connectivity index is 3.18. The number of carboxylic acids is 1. The molecule has 0 amide bonds. The molecule has 0 aliphatic carbocycles. The maximum absolute atomic E-state index is 10.7. The maximum Gasteiger partial charge on any atom is 0.337 e. The summed E-state index contributed by atoms with van der Waals surface area (Å²) in [6.07, 6.45) is 3.10. The lowest BCUT2D eigenvalue weighted by atomic mass is 10.1. The number of carbonyl (C=O) groups is 1. The van der Waals surface area contributed by atoms with Crippen LogP contribution in [-0.2, 0) is 4.79 Å². The van der Waals surface area contributed by atoms with Crippen molar-refractivity contribution < 1.29 is 9.90 Å². The van der Waals surface area contributed by atoms with Crippen molar-refractivity contribution in [3.63, 3.8) is 0 Å². The lowest BCUT2D eigenvalue weighted by Gasteiger charge is -2.00. The molecule has 0 aromatic carbocycles. The average molecular weight is 186 g/mol. The second-order valence-corrected chi connectivity index (χ2v) is 2.82. The summed E-state index contributed by atoms with van der Waals surface area (Å²) < 4.78 is 0. The van der Waals surface area contributed by atoms with Crippen LogP contribution >= 0.6 is 11.6 Å². The first-order chi connectivity index (χ1) is 5.63. The van der Waals surface area contributed by atoms with Crippen molar-refractivity contribution in [1.82, 2.24) is 0 Å². The molecule has 0 unspecified atom stereocenters. The Bertz CT molecular complexity index is 302. The van der Waals surface area contributed by atoms with Crippen molar-refractivity contribution in [2.24, 2.45) is 4.99 Å². The van der Waals surface area contributed by atoms with Crippen molar-refractivity contribution in [1.29, 1.82) is 0 Å². The second-order valence-electron chi connectivity index (χ2n) is 2.41. The highest BCUT2D eigenvalue weighted by Crippen LogP contribution is 2.18. The fourth-order valence-corrected chi connectivity index (χ4v) is 1.25. The van der Waals surface area contributed by atoms with E-state index in [4.69, 9.17) is 16.7 Å². The number of aliphatic carboxylic acids is 1. The minimum atomic E-state index is -1.01. The van der Waals surface area contributed by atoms with Crippen molar-refractivity contribution in [3.05, 3.63) is 22.3 Å². The number of halogens is 1. The van der Waals surface area contributed by atoms with Gasteiger partial charge in [-0.05, 0) is 12.5 Å². The smallest absolute Gasteiger partial charge is 0.337 e. The number of rotatable bonds is 1. The molecule has 4 heteroatoms. The zero-order valence-corrected chi connectivity index (χ0v) is 7.30. The van der Waals surface area contributed by atoms with Crippen LogP contribution in [0.25, 0.3) is 0 Å². The number of aliphatic imine (C=N–C) groups is 1. The lowest BCUT2D eigenvalue weighted by molar-refractivity contribution is -0.132. The number of hydrogen-bond donors (Lipinski definition) is 1. The third-order valence-corrected chi connectivity index (χ3v) is 1.84. The Hall–Kier alpha value is -1.09. The molecule has 1 rings (SSSR count). The van der Waals surface area contributed by atoms with Crippen LogP contribution in [0.5, 0.6) is 0 Å². The van der Waals surface area contributed by atoms with Crippen molar-refractivity contribution in [3.8, 4) is 0 Å². The quantitative estimate of drug-likeness (QED) is 0.675. The molecule has 3 nitrogen and oxygen atoms in total. The van der Waals surface area contributed by atoms with Crippen molar-refractivity contribution in [2.75, 3.05) is 6.54 Å². The number of nitrogens with zero attached hydrogens (tertiary/aromatic N) is 1. The van der Waals surface area contributed by atoms with Gasteiger partial charge >= 0.3 is 5.97 Å². The van der Waals surface area contributed by atoms with Gasteiger partial charge in [0, 0.05) is 6.21 Å². The van der Waals surface area contributed by atoms with Crippen LogP contribution in [0.1, 0.15) is 6.92 Å². The molecule has 0 radical (unpaired) electrons. The molecule has 1 heterocycles. The minimum Gasteiger partial charge on any atom is -0.478 e. The van der Waals surface area contributed by atoms with E-state index in [-0.39, 0.29) is 10.6 Å². The predicted octanol–water partition coefficient (Wildman–Crippen LogP) is 1.59. The molecule has 1 aliphatic rings. The molecule has 64 valence electrons. The van der Waals surface area contributed by atoms with Gasteiger partial charge in [-0.25, -0.2) is 4.79 Å². The molecule has 0 saturated carbocycles. The molecule has 1 N–H and O–H groups in total. The summed E-state index contributed by atoms with van der Waals surface area (Å²) in [5.41, 5.74) is 0.794. The van der Waals surface area contributed by atoms with Gasteiger partial charge in [-0.15, -0.1) is 0 Å². The number of hydrogen-bond acceptors (Lipinski definition) is 2. The fourth-order valence-electron chi connectivity index (χ4n) is 0.948. The van der Waals surface area contributed by atoms with Gasteiger partial charge in [-0.1, -0.05) is 17.7 Å². The third-order valence-electron chi connectivity index (χ3n) is 1.55. The molecule has 0 atom stereocenters. The van der Waals surface area contributed by atoms with Crippen LogP contribution in [0.4, 0.5) is 0 Å². The Morgan fingerprint density at radius 1 is 1.75 bits per heavy atom. The average Bonchev–Trinajstić information content (AvgIpc) is 2.11. The van der Waals surface area contributed by atoms with E-state index >= 15 is 0 Å². The minimum absolute atomic E-state index is 0.137. The molecule has 0 spiro atoms. The van der Waals surface area contributed by atoms with E-state index in [1.807, 2.05) is 0 Å². The summed E-state index contributed by atoms with van der Waals surface area (Å²) >= 11 is 5.69. The molecule has 1 aliphatic heterocycles. The van der Waals surface area contributed by atoms with Gasteiger partial charge in [-0.2, -0.15) is 0 Å². The molecule has 0 bridgehead atoms. The number of carboxylic acid groups (broad SMARTS) is 1. The van der Waals surface area contributed by atoms with E-state index in [0.29, 0.717) is 12.1 Å². The van der Waals surface area contributed by atoms with E-state index in [1.165, 1.54) is 6.21 Å². The third kappa shape index (κ3) is 1.74. The topological polar surface area (TPSA) is 49.7 Å². The molecule has 0 fully saturated rings. The van der Waals surface area contributed by atoms with Gasteiger partial charge in [0.1, 0.15) is 0 Å². The highest BCUT2D eigenvalue weighted by molar-refractivity contribution is 6.41. The summed E-state index contributed by atoms with van der Waals surface area (Å²) in [6.45, 7) is 2.19. The summed E-state index contributed by atoms with van der Waals surface area (Å²) in [4.78, 5) is 14.6. The normalized spacial score (nSPS) is 17.3. The van der Waals surface area contributed by atoms with Crippen molar-refractivity contribution >= 4 is 23.8 Å². The largest absolute Gasteiger partial charge is 0.478 e. The van der Waals surface area contributed by atoms with Crippen LogP contribution in [0.15, 0.2) is 27.2 Å². The first-order valence-corrected chi connectivity index (χ1v) is 3.80. The van der Waals surface area contributed by atoms with Gasteiger partial charge in [0.05, 0.1) is 17.2 Å². The Labute approximate surface area is 75.1 Å². The first kappa shape index (κ1) is 9.00. The summed E-state index contributed by atoms with van der Waals surface area (Å²) in [5, 5.41) is 8.95. The highest BCUT2D eigenvalue weighted by Gasteiger charge is 2.14. The van der Waals surface area contributed by atoms with E-state index in [0.717, 1.165) is 0 Å². The Morgan fingerprint density at radius 3 is 3.00 bits per heavy atom. The molecule has 12 heavy (non-hydrogen) atoms. The van der Waals surface area contributed by atoms with Gasteiger partial charge < -0.3 is 5.11 Å². The van der Waals surface area contributed by atoms with E-state index in [1.54, 1.807) is 13.0 Å². The molecular weight excluding hydrogens is 178 g/mol. The summed E-state index contributed by atoms with van der Waals surface area (Å²) in [7, 11) is 0. The molecule has 0 aromatic rings. The van der Waals surface area contributed by atoms with Crippen LogP contribution < -0.4 is 0 Å². The van der Waals surface area contributed by atoms with Crippen LogP contribution in [0, 0.1) is 0 Å². The van der Waals surface area contributed by atoms with Crippen LogP contribution in [0.2, 0.25) is 0 Å².